The van der Waals surface area contributed by atoms with Crippen LogP contribution in [0.5, 0.6) is 11.5 Å². The Morgan fingerprint density at radius 1 is 1.42 bits per heavy atom. The maximum Gasteiger partial charge on any atom is 0.240 e. The molecule has 3 rings (SSSR count). The third-order valence-corrected chi connectivity index (χ3v) is 5.49. The molecule has 2 heterocycles. The molecule has 9 heteroatoms. The van der Waals surface area contributed by atoms with Crippen LogP contribution in [0.4, 0.5) is 0 Å². The molecule has 1 aromatic carbocycles. The number of thioether (sulfide) groups is 1. The average molecular weight is 389 g/mol. The van der Waals surface area contributed by atoms with Crippen LogP contribution in [0.15, 0.2) is 45.9 Å². The number of aromatic hydroxyl groups is 1. The van der Waals surface area contributed by atoms with Crippen molar-refractivity contribution in [2.75, 3.05) is 7.11 Å². The maximum absolute atomic E-state index is 12.1. The predicted octanol–water partition coefficient (Wildman–Crippen LogP) is 2.66. The van der Waals surface area contributed by atoms with Crippen LogP contribution in [0.3, 0.4) is 0 Å². The van der Waals surface area contributed by atoms with Crippen LogP contribution >= 0.6 is 23.1 Å². The Bertz CT molecular complexity index is 878. The molecule has 1 atom stereocenters. The number of nitrogens with one attached hydrogen (secondary N) is 1. The number of thiophene rings is 1. The predicted molar refractivity (Wildman–Crippen MR) is 102 cm³/mol. The van der Waals surface area contributed by atoms with Gasteiger partial charge in [-0.3, -0.25) is 9.59 Å². The van der Waals surface area contributed by atoms with Crippen molar-refractivity contribution in [3.63, 3.8) is 0 Å². The number of ether oxygens (including phenoxy) is 1. The van der Waals surface area contributed by atoms with Crippen LogP contribution in [0.2, 0.25) is 0 Å². The normalized spacial score (nSPS) is 18.4. The smallest absolute Gasteiger partial charge is 0.240 e. The molecule has 1 unspecified atom stereocenters. The Labute approximate surface area is 157 Å². The highest BCUT2D eigenvalue weighted by atomic mass is 32.2. The highest BCUT2D eigenvalue weighted by molar-refractivity contribution is 8.15. The second-order valence-corrected chi connectivity index (χ2v) is 7.42. The van der Waals surface area contributed by atoms with Gasteiger partial charge in [0, 0.05) is 6.42 Å². The molecule has 2 N–H and O–H groups in total. The number of carbonyl (C=O) groups is 2. The van der Waals surface area contributed by atoms with Gasteiger partial charge in [0.25, 0.3) is 0 Å². The second kappa shape index (κ2) is 8.15. The lowest BCUT2D eigenvalue weighted by Gasteiger charge is -2.02. The van der Waals surface area contributed by atoms with Gasteiger partial charge in [0.1, 0.15) is 0 Å². The minimum absolute atomic E-state index is 0.0350. The first-order valence-electron chi connectivity index (χ1n) is 7.59. The quantitative estimate of drug-likeness (QED) is 0.449. The van der Waals surface area contributed by atoms with Gasteiger partial charge in [-0.15, -0.1) is 16.4 Å². The van der Waals surface area contributed by atoms with Crippen molar-refractivity contribution in [1.82, 2.24) is 5.32 Å². The lowest BCUT2D eigenvalue weighted by molar-refractivity contribution is -0.118. The van der Waals surface area contributed by atoms with E-state index in [1.54, 1.807) is 24.3 Å². The fourth-order valence-electron chi connectivity index (χ4n) is 2.22. The molecule has 1 aromatic heterocycles. The van der Waals surface area contributed by atoms with E-state index in [2.05, 4.69) is 15.5 Å². The van der Waals surface area contributed by atoms with Crippen molar-refractivity contribution >= 4 is 46.2 Å². The van der Waals surface area contributed by atoms with Crippen LogP contribution in [0, 0.1) is 0 Å². The molecular formula is C17H15N3O4S2. The van der Waals surface area contributed by atoms with E-state index in [0.29, 0.717) is 21.4 Å². The van der Waals surface area contributed by atoms with E-state index in [0.717, 1.165) is 0 Å². The van der Waals surface area contributed by atoms with Gasteiger partial charge in [0.15, 0.2) is 22.4 Å². The highest BCUT2D eigenvalue weighted by Crippen LogP contribution is 2.26. The first-order chi connectivity index (χ1) is 12.6. The summed E-state index contributed by atoms with van der Waals surface area (Å²) in [6.07, 6.45) is 1.60. The number of nitrogens with zero attached hydrogens (tertiary/aromatic N) is 2. The molecular weight excluding hydrogens is 374 g/mol. The van der Waals surface area contributed by atoms with Crippen molar-refractivity contribution < 1.29 is 19.4 Å². The fourth-order valence-corrected chi connectivity index (χ4v) is 3.81. The van der Waals surface area contributed by atoms with E-state index >= 15 is 0 Å². The second-order valence-electron chi connectivity index (χ2n) is 5.28. The molecule has 1 aliphatic rings. The minimum Gasteiger partial charge on any atom is -0.504 e. The van der Waals surface area contributed by atoms with Gasteiger partial charge < -0.3 is 15.2 Å². The Morgan fingerprint density at radius 2 is 2.27 bits per heavy atom. The topological polar surface area (TPSA) is 100 Å². The lowest BCUT2D eigenvalue weighted by Crippen LogP contribution is -2.26. The molecule has 0 radical (unpaired) electrons. The number of amides is 1. The number of hydrogen-bond acceptors (Lipinski definition) is 8. The Hall–Kier alpha value is -2.65. The molecule has 7 nitrogen and oxygen atoms in total. The molecule has 26 heavy (non-hydrogen) atoms. The summed E-state index contributed by atoms with van der Waals surface area (Å²) in [4.78, 5) is 24.7. The van der Waals surface area contributed by atoms with Gasteiger partial charge in [0.2, 0.25) is 5.91 Å². The molecule has 0 saturated carbocycles. The van der Waals surface area contributed by atoms with Crippen LogP contribution in [-0.4, -0.2) is 40.5 Å². The minimum atomic E-state index is -0.507. The monoisotopic (exact) mass is 389 g/mol. The fraction of sp³-hybridized carbons (Fsp3) is 0.176. The average Bonchev–Trinajstić information content (AvgIpc) is 3.27. The van der Waals surface area contributed by atoms with E-state index < -0.39 is 5.25 Å². The van der Waals surface area contributed by atoms with Crippen molar-refractivity contribution in [3.8, 4) is 11.5 Å². The molecule has 0 spiro atoms. The molecule has 1 fully saturated rings. The zero-order valence-electron chi connectivity index (χ0n) is 13.7. The largest absolute Gasteiger partial charge is 0.504 e. The van der Waals surface area contributed by atoms with Crippen LogP contribution in [0.25, 0.3) is 0 Å². The number of ketones is 1. The molecule has 1 saturated heterocycles. The zero-order valence-corrected chi connectivity index (χ0v) is 15.3. The summed E-state index contributed by atoms with van der Waals surface area (Å²) in [5.74, 6) is 0.0545. The van der Waals surface area contributed by atoms with E-state index in [9.17, 15) is 14.7 Å². The number of carbonyl (C=O) groups excluding carboxylic acids is 2. The van der Waals surface area contributed by atoms with E-state index in [1.165, 1.54) is 42.5 Å². The standard InChI is InChI=1S/C17H15N3O4S2/c1-24-13-7-10(4-5-11(13)21)9-18-20-17-19-16(23)15(26-17)8-12(22)14-3-2-6-25-14/h2-7,9,15,21H,8H2,1H3,(H,19,20,23)/b18-9+. The van der Waals surface area contributed by atoms with E-state index in [4.69, 9.17) is 4.74 Å². The van der Waals surface area contributed by atoms with Crippen molar-refractivity contribution in [2.45, 2.75) is 11.7 Å². The number of methoxy groups -OCH3 is 1. The van der Waals surface area contributed by atoms with Gasteiger partial charge in [0.05, 0.1) is 23.5 Å². The van der Waals surface area contributed by atoms with Crippen molar-refractivity contribution in [2.24, 2.45) is 10.2 Å². The van der Waals surface area contributed by atoms with E-state index in [-0.39, 0.29) is 23.9 Å². The van der Waals surface area contributed by atoms with Gasteiger partial charge in [-0.2, -0.15) is 5.10 Å². The third-order valence-electron chi connectivity index (χ3n) is 3.50. The van der Waals surface area contributed by atoms with Crippen LogP contribution < -0.4 is 10.1 Å². The SMILES string of the molecule is COc1cc(/C=N/N=C2\NC(=O)C(CC(=O)c3cccs3)S2)ccc1O. The molecule has 2 aromatic rings. The summed E-state index contributed by atoms with van der Waals surface area (Å²) in [6, 6.07) is 8.31. The Kier molecular flexibility index (Phi) is 5.69. The van der Waals surface area contributed by atoms with Crippen molar-refractivity contribution in [3.05, 3.63) is 46.2 Å². The molecule has 1 aliphatic heterocycles. The summed E-state index contributed by atoms with van der Waals surface area (Å²) in [5.41, 5.74) is 0.683. The summed E-state index contributed by atoms with van der Waals surface area (Å²) in [5, 5.41) is 21.8. The van der Waals surface area contributed by atoms with Gasteiger partial charge in [-0.1, -0.05) is 17.8 Å². The van der Waals surface area contributed by atoms with Crippen molar-refractivity contribution in [1.29, 1.82) is 0 Å². The molecule has 0 aliphatic carbocycles. The first-order valence-corrected chi connectivity index (χ1v) is 9.35. The van der Waals surface area contributed by atoms with Gasteiger partial charge >= 0.3 is 0 Å². The number of benzene rings is 1. The van der Waals surface area contributed by atoms with Gasteiger partial charge in [-0.05, 0) is 35.2 Å². The van der Waals surface area contributed by atoms with Gasteiger partial charge in [-0.25, -0.2) is 0 Å². The zero-order chi connectivity index (χ0) is 18.5. The number of hydrogen-bond donors (Lipinski definition) is 2. The van der Waals surface area contributed by atoms with E-state index in [1.807, 2.05) is 5.38 Å². The number of Topliss-reactive ketones (excluding diaryl/α,β-unsaturated/α-hetero) is 1. The third kappa shape index (κ3) is 4.30. The number of amidine groups is 1. The number of phenols is 1. The maximum atomic E-state index is 12.1. The Balaban J connectivity index is 1.62. The Morgan fingerprint density at radius 3 is 3.00 bits per heavy atom. The summed E-state index contributed by atoms with van der Waals surface area (Å²) < 4.78 is 5.02. The first kappa shape index (κ1) is 18.2. The lowest BCUT2D eigenvalue weighted by atomic mass is 10.2. The summed E-state index contributed by atoms with van der Waals surface area (Å²) in [6.45, 7) is 0. The molecule has 0 bridgehead atoms. The summed E-state index contributed by atoms with van der Waals surface area (Å²) in [7, 11) is 1.46. The van der Waals surface area contributed by atoms with Crippen LogP contribution in [0.1, 0.15) is 21.7 Å². The van der Waals surface area contributed by atoms with Crippen LogP contribution in [-0.2, 0) is 4.79 Å². The number of phenolic OH excluding ortho intramolecular Hbond substituents is 1. The number of rotatable bonds is 6. The highest BCUT2D eigenvalue weighted by Gasteiger charge is 2.32. The molecule has 134 valence electrons. The summed E-state index contributed by atoms with van der Waals surface area (Å²) >= 11 is 2.54. The molecule has 1 amide bonds.